The topological polar surface area (TPSA) is 37.4 Å². The third-order valence-corrected chi connectivity index (χ3v) is 6.84. The van der Waals surface area contributed by atoms with Crippen molar-refractivity contribution in [3.63, 3.8) is 0 Å². The van der Waals surface area contributed by atoms with Gasteiger partial charge in [-0.2, -0.15) is 4.31 Å². The lowest BCUT2D eigenvalue weighted by Gasteiger charge is -2.29. The summed E-state index contributed by atoms with van der Waals surface area (Å²) in [4.78, 5) is 0.413. The summed E-state index contributed by atoms with van der Waals surface area (Å²) in [5, 5.41) is 1.72. The Morgan fingerprint density at radius 1 is 1.05 bits per heavy atom. The Morgan fingerprint density at radius 3 is 2.33 bits per heavy atom. The SMILES string of the molecule is CC1CCN(S(=O)(=O)c2ccc(Br)c3ccccc23)CC1. The second-order valence-corrected chi connectivity index (χ2v) is 8.44. The van der Waals surface area contributed by atoms with Crippen molar-refractivity contribution in [1.29, 1.82) is 0 Å². The van der Waals surface area contributed by atoms with Gasteiger partial charge in [-0.05, 0) is 36.3 Å². The van der Waals surface area contributed by atoms with E-state index in [-0.39, 0.29) is 0 Å². The van der Waals surface area contributed by atoms with E-state index < -0.39 is 10.0 Å². The molecule has 1 fully saturated rings. The normalized spacial score (nSPS) is 18.2. The Hall–Kier alpha value is -0.910. The van der Waals surface area contributed by atoms with Gasteiger partial charge in [0.15, 0.2) is 0 Å². The molecule has 0 spiro atoms. The first-order valence-corrected chi connectivity index (χ1v) is 9.41. The van der Waals surface area contributed by atoms with Gasteiger partial charge in [-0.25, -0.2) is 8.42 Å². The second kappa shape index (κ2) is 5.71. The molecule has 112 valence electrons. The van der Waals surface area contributed by atoms with E-state index >= 15 is 0 Å². The maximum Gasteiger partial charge on any atom is 0.243 e. The maximum atomic E-state index is 12.9. The second-order valence-electron chi connectivity index (χ2n) is 5.68. The lowest BCUT2D eigenvalue weighted by molar-refractivity contribution is 0.288. The third-order valence-electron chi connectivity index (χ3n) is 4.19. The molecular formula is C16H18BrNO2S. The van der Waals surface area contributed by atoms with Crippen LogP contribution in [0.3, 0.4) is 0 Å². The molecule has 0 bridgehead atoms. The first kappa shape index (κ1) is 15.0. The maximum absolute atomic E-state index is 12.9. The molecule has 1 aliphatic rings. The van der Waals surface area contributed by atoms with Gasteiger partial charge >= 0.3 is 0 Å². The summed E-state index contributed by atoms with van der Waals surface area (Å²) < 4.78 is 28.4. The summed E-state index contributed by atoms with van der Waals surface area (Å²) in [7, 11) is -3.42. The van der Waals surface area contributed by atoms with Gasteiger partial charge in [0, 0.05) is 22.9 Å². The predicted octanol–water partition coefficient (Wildman–Crippen LogP) is 4.02. The summed E-state index contributed by atoms with van der Waals surface area (Å²) in [6, 6.07) is 11.1. The summed E-state index contributed by atoms with van der Waals surface area (Å²) in [6.07, 6.45) is 1.88. The number of halogens is 1. The highest BCUT2D eigenvalue weighted by Gasteiger charge is 2.29. The molecule has 0 saturated carbocycles. The molecule has 5 heteroatoms. The number of fused-ring (bicyclic) bond motifs is 1. The minimum absolute atomic E-state index is 0.413. The van der Waals surface area contributed by atoms with Gasteiger partial charge in [-0.1, -0.05) is 47.1 Å². The molecule has 0 amide bonds. The first-order chi connectivity index (χ1) is 10.00. The highest BCUT2D eigenvalue weighted by atomic mass is 79.9. The number of sulfonamides is 1. The lowest BCUT2D eigenvalue weighted by Crippen LogP contribution is -2.37. The molecule has 2 aromatic carbocycles. The molecule has 0 radical (unpaired) electrons. The highest BCUT2D eigenvalue weighted by Crippen LogP contribution is 2.32. The van der Waals surface area contributed by atoms with Crippen molar-refractivity contribution in [2.45, 2.75) is 24.7 Å². The Morgan fingerprint density at radius 2 is 1.67 bits per heavy atom. The van der Waals surface area contributed by atoms with E-state index in [9.17, 15) is 8.42 Å². The standard InChI is InChI=1S/C16H18BrNO2S/c1-12-8-10-18(11-9-12)21(19,20)16-7-6-15(17)13-4-2-3-5-14(13)16/h2-7,12H,8-11H2,1H3. The lowest BCUT2D eigenvalue weighted by atomic mass is 10.0. The number of hydrogen-bond acceptors (Lipinski definition) is 2. The van der Waals surface area contributed by atoms with E-state index in [0.717, 1.165) is 28.1 Å². The number of rotatable bonds is 2. The largest absolute Gasteiger partial charge is 0.243 e. The molecule has 0 N–H and O–H groups in total. The molecule has 0 aliphatic carbocycles. The molecule has 2 aromatic rings. The highest BCUT2D eigenvalue weighted by molar-refractivity contribution is 9.10. The van der Waals surface area contributed by atoms with Crippen molar-refractivity contribution < 1.29 is 8.42 Å². The van der Waals surface area contributed by atoms with Crippen LogP contribution < -0.4 is 0 Å². The van der Waals surface area contributed by atoms with Crippen LogP contribution in [0, 0.1) is 5.92 Å². The van der Waals surface area contributed by atoms with Crippen molar-refractivity contribution in [3.05, 3.63) is 40.9 Å². The van der Waals surface area contributed by atoms with Crippen LogP contribution in [0.2, 0.25) is 0 Å². The molecule has 3 rings (SSSR count). The van der Waals surface area contributed by atoms with E-state index in [2.05, 4.69) is 22.9 Å². The summed E-state index contributed by atoms with van der Waals surface area (Å²) in [5.74, 6) is 0.609. The van der Waals surface area contributed by atoms with Crippen LogP contribution in [0.15, 0.2) is 45.8 Å². The van der Waals surface area contributed by atoms with Crippen molar-refractivity contribution in [2.24, 2.45) is 5.92 Å². The first-order valence-electron chi connectivity index (χ1n) is 7.17. The van der Waals surface area contributed by atoms with Crippen LogP contribution in [0.4, 0.5) is 0 Å². The van der Waals surface area contributed by atoms with E-state index in [4.69, 9.17) is 0 Å². The smallest absolute Gasteiger partial charge is 0.207 e. The van der Waals surface area contributed by atoms with Crippen molar-refractivity contribution in [3.8, 4) is 0 Å². The predicted molar refractivity (Wildman–Crippen MR) is 88.8 cm³/mol. The fraction of sp³-hybridized carbons (Fsp3) is 0.375. The third kappa shape index (κ3) is 2.74. The zero-order valence-electron chi connectivity index (χ0n) is 11.9. The number of nitrogens with zero attached hydrogens (tertiary/aromatic N) is 1. The number of hydrogen-bond donors (Lipinski definition) is 0. The average molecular weight is 368 g/mol. The summed E-state index contributed by atoms with van der Waals surface area (Å²) >= 11 is 3.49. The van der Waals surface area contributed by atoms with Crippen LogP contribution in [0.25, 0.3) is 10.8 Å². The number of piperidine rings is 1. The zero-order chi connectivity index (χ0) is 15.0. The molecule has 1 heterocycles. The van der Waals surface area contributed by atoms with Gasteiger partial charge in [0.1, 0.15) is 0 Å². The Balaban J connectivity index is 2.09. The molecular weight excluding hydrogens is 350 g/mol. The van der Waals surface area contributed by atoms with E-state index in [1.165, 1.54) is 0 Å². The molecule has 0 atom stereocenters. The van der Waals surface area contributed by atoms with Gasteiger partial charge < -0.3 is 0 Å². The van der Waals surface area contributed by atoms with Gasteiger partial charge in [0.25, 0.3) is 0 Å². The Bertz CT molecular complexity index is 765. The van der Waals surface area contributed by atoms with E-state index in [0.29, 0.717) is 23.9 Å². The van der Waals surface area contributed by atoms with Gasteiger partial charge in [-0.3, -0.25) is 0 Å². The Kier molecular flexibility index (Phi) is 4.08. The van der Waals surface area contributed by atoms with Gasteiger partial charge in [-0.15, -0.1) is 0 Å². The van der Waals surface area contributed by atoms with Crippen LogP contribution in [-0.4, -0.2) is 25.8 Å². The van der Waals surface area contributed by atoms with Crippen molar-refractivity contribution in [1.82, 2.24) is 4.31 Å². The quantitative estimate of drug-likeness (QED) is 0.803. The summed E-state index contributed by atoms with van der Waals surface area (Å²) in [5.41, 5.74) is 0. The van der Waals surface area contributed by atoms with Crippen LogP contribution in [-0.2, 0) is 10.0 Å². The van der Waals surface area contributed by atoms with E-state index in [1.54, 1.807) is 10.4 Å². The average Bonchev–Trinajstić information content (AvgIpc) is 2.48. The van der Waals surface area contributed by atoms with Gasteiger partial charge in [0.05, 0.1) is 4.90 Å². The molecule has 0 unspecified atom stereocenters. The van der Waals surface area contributed by atoms with Crippen LogP contribution >= 0.6 is 15.9 Å². The molecule has 21 heavy (non-hydrogen) atoms. The van der Waals surface area contributed by atoms with Gasteiger partial charge in [0.2, 0.25) is 10.0 Å². The van der Waals surface area contributed by atoms with Crippen LogP contribution in [0.1, 0.15) is 19.8 Å². The zero-order valence-corrected chi connectivity index (χ0v) is 14.3. The van der Waals surface area contributed by atoms with Crippen LogP contribution in [0.5, 0.6) is 0 Å². The summed E-state index contributed by atoms with van der Waals surface area (Å²) in [6.45, 7) is 3.42. The van der Waals surface area contributed by atoms with E-state index in [1.807, 2.05) is 30.3 Å². The Labute approximate surface area is 134 Å². The molecule has 0 aromatic heterocycles. The monoisotopic (exact) mass is 367 g/mol. The molecule has 1 saturated heterocycles. The fourth-order valence-electron chi connectivity index (χ4n) is 2.82. The fourth-order valence-corrected chi connectivity index (χ4v) is 4.97. The molecule has 3 nitrogen and oxygen atoms in total. The van der Waals surface area contributed by atoms with Crippen molar-refractivity contribution >= 4 is 36.7 Å². The minimum atomic E-state index is -3.42. The molecule has 1 aliphatic heterocycles. The number of benzene rings is 2. The van der Waals surface area contributed by atoms with Crippen molar-refractivity contribution in [2.75, 3.05) is 13.1 Å². The minimum Gasteiger partial charge on any atom is -0.207 e.